The minimum absolute atomic E-state index is 0.768. The Hall–Kier alpha value is -1.84. The molecule has 31 heavy (non-hydrogen) atoms. The number of nitrogens with zero attached hydrogens (tertiary/aromatic N) is 3. The maximum atomic E-state index is 2.89. The van der Waals surface area contributed by atoms with Gasteiger partial charge in [-0.05, 0) is 68.8 Å². The average molecular weight is 416 g/mol. The lowest BCUT2D eigenvalue weighted by molar-refractivity contribution is -0.00377. The Bertz CT molecular complexity index is 1060. The number of aryl methyl sites for hydroxylation is 1. The molecule has 1 saturated carbocycles. The SMILES string of the molecule is CCn1c2ccccc2c2cc(CN3CCN4CCC[C@@H]4[C@@H]3C3CCCCC3)ccc21. The van der Waals surface area contributed by atoms with Crippen LogP contribution in [0.25, 0.3) is 21.8 Å². The maximum Gasteiger partial charge on any atom is 0.0491 e. The zero-order valence-electron chi connectivity index (χ0n) is 19.1. The highest BCUT2D eigenvalue weighted by molar-refractivity contribution is 6.08. The highest BCUT2D eigenvalue weighted by atomic mass is 15.3. The third-order valence-electron chi connectivity index (χ3n) is 8.58. The molecule has 6 rings (SSSR count). The quantitative estimate of drug-likeness (QED) is 0.514. The molecule has 0 amide bonds. The van der Waals surface area contributed by atoms with E-state index in [1.807, 2.05) is 0 Å². The molecule has 0 bridgehead atoms. The van der Waals surface area contributed by atoms with Crippen LogP contribution in [0.15, 0.2) is 42.5 Å². The monoisotopic (exact) mass is 415 g/mol. The minimum Gasteiger partial charge on any atom is -0.341 e. The summed E-state index contributed by atoms with van der Waals surface area (Å²) in [5.74, 6) is 0.908. The first kappa shape index (κ1) is 19.8. The van der Waals surface area contributed by atoms with Crippen molar-refractivity contribution in [3.8, 4) is 0 Å². The van der Waals surface area contributed by atoms with E-state index in [-0.39, 0.29) is 0 Å². The Kier molecular flexibility index (Phi) is 5.28. The average Bonchev–Trinajstić information content (AvgIpc) is 3.42. The van der Waals surface area contributed by atoms with E-state index in [0.29, 0.717) is 0 Å². The van der Waals surface area contributed by atoms with Gasteiger partial charge in [-0.25, -0.2) is 0 Å². The predicted octanol–water partition coefficient (Wildman–Crippen LogP) is 6.04. The largest absolute Gasteiger partial charge is 0.341 e. The van der Waals surface area contributed by atoms with Crippen molar-refractivity contribution in [1.29, 1.82) is 0 Å². The van der Waals surface area contributed by atoms with Crippen LogP contribution in [0, 0.1) is 5.92 Å². The first-order valence-corrected chi connectivity index (χ1v) is 12.8. The summed E-state index contributed by atoms with van der Waals surface area (Å²) in [6.45, 7) is 8.25. The molecule has 0 radical (unpaired) electrons. The molecule has 3 heteroatoms. The van der Waals surface area contributed by atoms with E-state index >= 15 is 0 Å². The second-order valence-electron chi connectivity index (χ2n) is 10.2. The van der Waals surface area contributed by atoms with Gasteiger partial charge in [0.1, 0.15) is 0 Å². The lowest BCUT2D eigenvalue weighted by atomic mass is 9.78. The summed E-state index contributed by atoms with van der Waals surface area (Å²) in [7, 11) is 0. The van der Waals surface area contributed by atoms with Gasteiger partial charge in [-0.3, -0.25) is 9.80 Å². The third-order valence-corrected chi connectivity index (χ3v) is 8.58. The summed E-state index contributed by atoms with van der Waals surface area (Å²) in [4.78, 5) is 5.72. The van der Waals surface area contributed by atoms with Gasteiger partial charge < -0.3 is 4.57 Å². The molecule has 2 saturated heterocycles. The zero-order valence-corrected chi connectivity index (χ0v) is 19.1. The van der Waals surface area contributed by atoms with Crippen molar-refractivity contribution >= 4 is 21.8 Å². The second-order valence-corrected chi connectivity index (χ2v) is 10.2. The number of hydrogen-bond donors (Lipinski definition) is 0. The van der Waals surface area contributed by atoms with Gasteiger partial charge in [0, 0.05) is 60.1 Å². The molecule has 1 aromatic heterocycles. The van der Waals surface area contributed by atoms with E-state index in [2.05, 4.69) is 63.8 Å². The molecule has 2 aliphatic heterocycles. The first-order chi connectivity index (χ1) is 15.3. The molecule has 3 nitrogen and oxygen atoms in total. The summed E-state index contributed by atoms with van der Waals surface area (Å²) >= 11 is 0. The number of para-hydroxylation sites is 1. The fraction of sp³-hybridized carbons (Fsp3) is 0.571. The third kappa shape index (κ3) is 3.41. The Morgan fingerprint density at radius 3 is 2.52 bits per heavy atom. The smallest absolute Gasteiger partial charge is 0.0491 e. The summed E-state index contributed by atoms with van der Waals surface area (Å²) in [6.07, 6.45) is 10.1. The fourth-order valence-electron chi connectivity index (χ4n) is 7.21. The van der Waals surface area contributed by atoms with Crippen LogP contribution >= 0.6 is 0 Å². The summed E-state index contributed by atoms with van der Waals surface area (Å²) in [6, 6.07) is 17.8. The van der Waals surface area contributed by atoms with Crippen LogP contribution in [0.3, 0.4) is 0 Å². The molecular formula is C28H37N3. The van der Waals surface area contributed by atoms with E-state index in [9.17, 15) is 0 Å². The highest BCUT2D eigenvalue weighted by Gasteiger charge is 2.42. The van der Waals surface area contributed by atoms with Crippen molar-refractivity contribution < 1.29 is 0 Å². The van der Waals surface area contributed by atoms with Crippen LogP contribution < -0.4 is 0 Å². The van der Waals surface area contributed by atoms with E-state index in [1.54, 1.807) is 0 Å². The lowest BCUT2D eigenvalue weighted by Crippen LogP contribution is -2.59. The molecule has 3 aromatic rings. The molecule has 1 aliphatic carbocycles. The van der Waals surface area contributed by atoms with Crippen molar-refractivity contribution in [2.24, 2.45) is 5.92 Å². The fourth-order valence-corrected chi connectivity index (χ4v) is 7.21. The van der Waals surface area contributed by atoms with Crippen LogP contribution in [0.5, 0.6) is 0 Å². The van der Waals surface area contributed by atoms with Crippen molar-refractivity contribution in [3.05, 3.63) is 48.0 Å². The summed E-state index contributed by atoms with van der Waals surface area (Å²) < 4.78 is 2.47. The van der Waals surface area contributed by atoms with Crippen molar-refractivity contribution in [1.82, 2.24) is 14.4 Å². The van der Waals surface area contributed by atoms with Gasteiger partial charge in [-0.2, -0.15) is 0 Å². The number of benzene rings is 2. The number of fused-ring (bicyclic) bond motifs is 4. The molecule has 2 atom stereocenters. The van der Waals surface area contributed by atoms with Gasteiger partial charge in [0.15, 0.2) is 0 Å². The first-order valence-electron chi connectivity index (χ1n) is 12.8. The van der Waals surface area contributed by atoms with Crippen LogP contribution in [0.1, 0.15) is 57.4 Å². The van der Waals surface area contributed by atoms with E-state index in [0.717, 1.165) is 31.1 Å². The number of rotatable bonds is 4. The van der Waals surface area contributed by atoms with Gasteiger partial charge in [0.25, 0.3) is 0 Å². The number of aromatic nitrogens is 1. The Morgan fingerprint density at radius 1 is 0.806 bits per heavy atom. The van der Waals surface area contributed by atoms with Gasteiger partial charge in [0.05, 0.1) is 0 Å². The van der Waals surface area contributed by atoms with Gasteiger partial charge >= 0.3 is 0 Å². The van der Waals surface area contributed by atoms with E-state index in [4.69, 9.17) is 0 Å². The topological polar surface area (TPSA) is 11.4 Å². The van der Waals surface area contributed by atoms with Crippen molar-refractivity contribution in [3.63, 3.8) is 0 Å². The van der Waals surface area contributed by atoms with Crippen molar-refractivity contribution in [2.45, 2.75) is 77.0 Å². The standard InChI is InChI=1S/C28H37N3/c1-2-31-25-12-7-6-11-23(25)24-19-21(14-15-26(24)31)20-30-18-17-29-16-8-13-27(29)28(30)22-9-4-3-5-10-22/h6-7,11-12,14-15,19,22,27-28H,2-5,8-10,13,16-18,20H2,1H3/t27-,28+/m1/s1. The molecule has 0 unspecified atom stereocenters. The Labute approximate surface area is 187 Å². The molecule has 164 valence electrons. The van der Waals surface area contributed by atoms with Crippen LogP contribution in [-0.4, -0.2) is 46.1 Å². The Balaban J connectivity index is 1.34. The lowest BCUT2D eigenvalue weighted by Gasteiger charge is -2.49. The van der Waals surface area contributed by atoms with E-state index < -0.39 is 0 Å². The van der Waals surface area contributed by atoms with Gasteiger partial charge in [0.2, 0.25) is 0 Å². The molecule has 0 N–H and O–H groups in total. The number of hydrogen-bond acceptors (Lipinski definition) is 2. The molecule has 3 heterocycles. The van der Waals surface area contributed by atoms with Gasteiger partial charge in [-0.1, -0.05) is 43.5 Å². The zero-order chi connectivity index (χ0) is 20.8. The van der Waals surface area contributed by atoms with Crippen molar-refractivity contribution in [2.75, 3.05) is 19.6 Å². The molecule has 3 fully saturated rings. The molecular weight excluding hydrogens is 378 g/mol. The summed E-state index contributed by atoms with van der Waals surface area (Å²) in [5.41, 5.74) is 4.26. The van der Waals surface area contributed by atoms with Crippen LogP contribution in [0.2, 0.25) is 0 Å². The Morgan fingerprint density at radius 2 is 1.65 bits per heavy atom. The maximum absolute atomic E-state index is 2.89. The minimum atomic E-state index is 0.768. The predicted molar refractivity (Wildman–Crippen MR) is 130 cm³/mol. The molecule has 0 spiro atoms. The van der Waals surface area contributed by atoms with Crippen LogP contribution in [-0.2, 0) is 13.1 Å². The molecule has 2 aromatic carbocycles. The van der Waals surface area contributed by atoms with Gasteiger partial charge in [-0.15, -0.1) is 0 Å². The summed E-state index contributed by atoms with van der Waals surface area (Å²) in [5, 5.41) is 2.84. The molecule has 3 aliphatic rings. The van der Waals surface area contributed by atoms with E-state index in [1.165, 1.54) is 91.9 Å². The highest BCUT2D eigenvalue weighted by Crippen LogP contribution is 2.38. The second kappa shape index (κ2) is 8.26. The van der Waals surface area contributed by atoms with Crippen LogP contribution in [0.4, 0.5) is 0 Å². The normalized spacial score (nSPS) is 26.1. The number of piperazine rings is 1.